The third-order valence-corrected chi connectivity index (χ3v) is 5.22. The van der Waals surface area contributed by atoms with Crippen LogP contribution in [0.1, 0.15) is 11.1 Å². The van der Waals surface area contributed by atoms with Gasteiger partial charge >= 0.3 is 0 Å². The van der Waals surface area contributed by atoms with Crippen LogP contribution in [0.3, 0.4) is 0 Å². The summed E-state index contributed by atoms with van der Waals surface area (Å²) in [5.74, 6) is 1.13. The predicted molar refractivity (Wildman–Crippen MR) is 98.1 cm³/mol. The monoisotopic (exact) mass is 358 g/mol. The molecule has 2 aromatic heterocycles. The summed E-state index contributed by atoms with van der Waals surface area (Å²) in [7, 11) is 1.82. The average Bonchev–Trinajstić information content (AvgIpc) is 3.25. The normalized spacial score (nSPS) is 10.8. The number of aryl methyl sites for hydroxylation is 1. The second kappa shape index (κ2) is 7.63. The number of carbonyl (C=O) groups is 1. The quantitative estimate of drug-likeness (QED) is 0.684. The van der Waals surface area contributed by atoms with E-state index in [0.29, 0.717) is 17.5 Å². The summed E-state index contributed by atoms with van der Waals surface area (Å²) in [5, 5.41) is 9.66. The first-order valence-corrected chi connectivity index (χ1v) is 9.37. The molecule has 3 aromatic rings. The van der Waals surface area contributed by atoms with E-state index in [1.54, 1.807) is 16.2 Å². The van der Waals surface area contributed by atoms with Gasteiger partial charge in [-0.3, -0.25) is 9.89 Å². The summed E-state index contributed by atoms with van der Waals surface area (Å²) in [6.45, 7) is 2.66. The molecule has 0 aliphatic rings. The van der Waals surface area contributed by atoms with Gasteiger partial charge in [0.25, 0.3) is 0 Å². The Morgan fingerprint density at radius 1 is 1.29 bits per heavy atom. The smallest absolute Gasteiger partial charge is 0.233 e. The lowest BCUT2D eigenvalue weighted by atomic mass is 10.1. The van der Waals surface area contributed by atoms with Gasteiger partial charge < -0.3 is 4.90 Å². The number of thiophene rings is 1. The predicted octanol–water partition coefficient (Wildman–Crippen LogP) is 3.59. The van der Waals surface area contributed by atoms with Crippen molar-refractivity contribution in [3.63, 3.8) is 0 Å². The summed E-state index contributed by atoms with van der Waals surface area (Å²) in [6.07, 6.45) is 0. The first-order chi connectivity index (χ1) is 11.6. The average molecular weight is 358 g/mol. The number of aromatic nitrogens is 3. The minimum absolute atomic E-state index is 0.0584. The van der Waals surface area contributed by atoms with Crippen molar-refractivity contribution in [1.29, 1.82) is 0 Å². The lowest BCUT2D eigenvalue weighted by molar-refractivity contribution is -0.127. The van der Waals surface area contributed by atoms with Gasteiger partial charge in [0.15, 0.2) is 5.82 Å². The Hall–Kier alpha value is -2.12. The number of benzene rings is 1. The molecule has 24 heavy (non-hydrogen) atoms. The Labute approximate surface area is 149 Å². The molecule has 0 saturated heterocycles. The molecule has 124 valence electrons. The van der Waals surface area contributed by atoms with Crippen molar-refractivity contribution in [2.75, 3.05) is 12.8 Å². The number of hydrogen-bond donors (Lipinski definition) is 1. The summed E-state index contributed by atoms with van der Waals surface area (Å²) in [4.78, 5) is 19.4. The van der Waals surface area contributed by atoms with E-state index in [4.69, 9.17) is 0 Å². The molecule has 0 radical (unpaired) electrons. The number of thioether (sulfide) groups is 1. The highest BCUT2D eigenvalue weighted by atomic mass is 32.2. The van der Waals surface area contributed by atoms with E-state index in [1.807, 2.05) is 24.6 Å². The standard InChI is InChI=1S/C17H18N4OS2/c1-12-5-7-13(8-6-12)10-21(2)15(22)11-24-17-18-16(19-20-17)14-4-3-9-23-14/h3-9H,10-11H2,1-2H3,(H,18,19,20). The van der Waals surface area contributed by atoms with Gasteiger partial charge in [-0.2, -0.15) is 0 Å². The van der Waals surface area contributed by atoms with Crippen molar-refractivity contribution in [3.05, 3.63) is 52.9 Å². The molecule has 1 amide bonds. The molecular weight excluding hydrogens is 340 g/mol. The largest absolute Gasteiger partial charge is 0.341 e. The fraction of sp³-hybridized carbons (Fsp3) is 0.235. The lowest BCUT2D eigenvalue weighted by Gasteiger charge is -2.16. The molecule has 7 heteroatoms. The van der Waals surface area contributed by atoms with Gasteiger partial charge in [-0.05, 0) is 23.9 Å². The SMILES string of the molecule is Cc1ccc(CN(C)C(=O)CSc2n[nH]c(-c3cccs3)n2)cc1. The van der Waals surface area contributed by atoms with Crippen LogP contribution in [-0.4, -0.2) is 38.8 Å². The third-order valence-electron chi connectivity index (χ3n) is 3.51. The molecular formula is C17H18N4OS2. The van der Waals surface area contributed by atoms with Gasteiger partial charge in [0.2, 0.25) is 11.1 Å². The van der Waals surface area contributed by atoms with Crippen LogP contribution in [0.15, 0.2) is 46.9 Å². The minimum Gasteiger partial charge on any atom is -0.341 e. The first kappa shape index (κ1) is 16.7. The molecule has 0 aliphatic heterocycles. The molecule has 2 heterocycles. The Bertz CT molecular complexity index is 796. The maximum atomic E-state index is 12.3. The lowest BCUT2D eigenvalue weighted by Crippen LogP contribution is -2.27. The van der Waals surface area contributed by atoms with Crippen LogP contribution in [0.2, 0.25) is 0 Å². The number of aromatic amines is 1. The molecule has 0 bridgehead atoms. The Morgan fingerprint density at radius 2 is 2.08 bits per heavy atom. The molecule has 5 nitrogen and oxygen atoms in total. The molecule has 0 unspecified atom stereocenters. The highest BCUT2D eigenvalue weighted by Crippen LogP contribution is 2.23. The van der Waals surface area contributed by atoms with Gasteiger partial charge in [-0.1, -0.05) is 47.7 Å². The number of H-pyrrole nitrogens is 1. The van der Waals surface area contributed by atoms with Crippen molar-refractivity contribution in [2.45, 2.75) is 18.6 Å². The minimum atomic E-state index is 0.0584. The Morgan fingerprint density at radius 3 is 2.79 bits per heavy atom. The Kier molecular flexibility index (Phi) is 5.32. The number of nitrogens with one attached hydrogen (secondary N) is 1. The van der Waals surface area contributed by atoms with Crippen LogP contribution in [0, 0.1) is 6.92 Å². The highest BCUT2D eigenvalue weighted by molar-refractivity contribution is 7.99. The second-order valence-electron chi connectivity index (χ2n) is 5.47. The van der Waals surface area contributed by atoms with E-state index in [-0.39, 0.29) is 5.91 Å². The summed E-state index contributed by atoms with van der Waals surface area (Å²) >= 11 is 2.95. The zero-order valence-electron chi connectivity index (χ0n) is 13.5. The van der Waals surface area contributed by atoms with Crippen LogP contribution >= 0.6 is 23.1 Å². The summed E-state index contributed by atoms with van der Waals surface area (Å²) < 4.78 is 0. The molecule has 0 spiro atoms. The molecule has 0 aliphatic carbocycles. The van der Waals surface area contributed by atoms with Gasteiger partial charge in [-0.15, -0.1) is 16.4 Å². The maximum Gasteiger partial charge on any atom is 0.233 e. The number of hydrogen-bond acceptors (Lipinski definition) is 5. The van der Waals surface area contributed by atoms with Crippen LogP contribution in [0.4, 0.5) is 0 Å². The van der Waals surface area contributed by atoms with E-state index in [9.17, 15) is 4.79 Å². The van der Waals surface area contributed by atoms with Crippen molar-refractivity contribution in [2.24, 2.45) is 0 Å². The molecule has 0 atom stereocenters. The highest BCUT2D eigenvalue weighted by Gasteiger charge is 2.13. The number of rotatable bonds is 6. The molecule has 0 fully saturated rings. The molecule has 1 aromatic carbocycles. The summed E-state index contributed by atoms with van der Waals surface area (Å²) in [6, 6.07) is 12.2. The van der Waals surface area contributed by atoms with Gasteiger partial charge in [0, 0.05) is 13.6 Å². The molecule has 0 saturated carbocycles. The zero-order chi connectivity index (χ0) is 16.9. The van der Waals surface area contributed by atoms with E-state index in [2.05, 4.69) is 46.4 Å². The van der Waals surface area contributed by atoms with Crippen molar-refractivity contribution in [3.8, 4) is 10.7 Å². The van der Waals surface area contributed by atoms with E-state index < -0.39 is 0 Å². The van der Waals surface area contributed by atoms with Gasteiger partial charge in [-0.25, -0.2) is 4.98 Å². The van der Waals surface area contributed by atoms with Crippen LogP contribution in [0.25, 0.3) is 10.7 Å². The maximum absolute atomic E-state index is 12.3. The number of nitrogens with zero attached hydrogens (tertiary/aromatic N) is 3. The van der Waals surface area contributed by atoms with Gasteiger partial charge in [0.05, 0.1) is 10.6 Å². The molecule has 1 N–H and O–H groups in total. The van der Waals surface area contributed by atoms with E-state index >= 15 is 0 Å². The van der Waals surface area contributed by atoms with Crippen molar-refractivity contribution in [1.82, 2.24) is 20.1 Å². The van der Waals surface area contributed by atoms with E-state index in [0.717, 1.165) is 16.3 Å². The van der Waals surface area contributed by atoms with Crippen molar-refractivity contribution < 1.29 is 4.79 Å². The fourth-order valence-corrected chi connectivity index (χ4v) is 3.53. The summed E-state index contributed by atoms with van der Waals surface area (Å²) in [5.41, 5.74) is 2.34. The van der Waals surface area contributed by atoms with Crippen LogP contribution in [0.5, 0.6) is 0 Å². The van der Waals surface area contributed by atoms with E-state index in [1.165, 1.54) is 17.3 Å². The third kappa shape index (κ3) is 4.24. The first-order valence-electron chi connectivity index (χ1n) is 7.50. The van der Waals surface area contributed by atoms with Crippen LogP contribution in [-0.2, 0) is 11.3 Å². The van der Waals surface area contributed by atoms with Crippen LogP contribution < -0.4 is 0 Å². The van der Waals surface area contributed by atoms with Crippen molar-refractivity contribution >= 4 is 29.0 Å². The molecule has 3 rings (SSSR count). The number of carbonyl (C=O) groups excluding carboxylic acids is 1. The fourth-order valence-electron chi connectivity index (χ4n) is 2.13. The Balaban J connectivity index is 1.52. The number of amides is 1. The zero-order valence-corrected chi connectivity index (χ0v) is 15.2. The van der Waals surface area contributed by atoms with Gasteiger partial charge in [0.1, 0.15) is 0 Å². The second-order valence-corrected chi connectivity index (χ2v) is 7.36. The topological polar surface area (TPSA) is 61.9 Å².